The Morgan fingerprint density at radius 3 is 2.78 bits per heavy atom. The number of benzene rings is 1. The van der Waals surface area contributed by atoms with Crippen LogP contribution in [0.25, 0.3) is 0 Å². The Hall–Kier alpha value is -2.18. The minimum Gasteiger partial charge on any atom is -0.386 e. The molecule has 2 unspecified atom stereocenters. The van der Waals surface area contributed by atoms with Crippen molar-refractivity contribution >= 4 is 28.8 Å². The number of hydrogen-bond acceptors (Lipinski definition) is 4. The minimum atomic E-state index is -0.707. The Bertz CT molecular complexity index is 672. The molecule has 6 heteroatoms. The quantitative estimate of drug-likeness (QED) is 0.880. The molecule has 0 spiro atoms. The van der Waals surface area contributed by atoms with Gasteiger partial charge in [-0.05, 0) is 23.6 Å². The summed E-state index contributed by atoms with van der Waals surface area (Å²) in [5, 5.41) is 14.6. The first-order valence-electron chi connectivity index (χ1n) is 7.49. The molecule has 5 nitrogen and oxygen atoms in total. The largest absolute Gasteiger partial charge is 0.386 e. The number of hydrogen-bond donors (Lipinski definition) is 2. The maximum Gasteiger partial charge on any atom is 0.227 e. The Kier molecular flexibility index (Phi) is 4.73. The van der Waals surface area contributed by atoms with Crippen LogP contribution in [0.4, 0.5) is 5.69 Å². The number of amides is 2. The average molecular weight is 330 g/mol. The second kappa shape index (κ2) is 6.93. The van der Waals surface area contributed by atoms with Gasteiger partial charge in [-0.2, -0.15) is 0 Å². The standard InChI is InChI=1S/C17H18N2O3S/c20-14(15-7-4-8-23-15)10-18-17(22)12-9-16(21)19(11-12)13-5-2-1-3-6-13/h1-8,12,14,20H,9-11H2,(H,18,22). The van der Waals surface area contributed by atoms with Gasteiger partial charge in [0.2, 0.25) is 11.8 Å². The summed E-state index contributed by atoms with van der Waals surface area (Å²) >= 11 is 1.45. The van der Waals surface area contributed by atoms with E-state index in [4.69, 9.17) is 0 Å². The number of rotatable bonds is 5. The number of carbonyl (C=O) groups excluding carboxylic acids is 2. The molecule has 2 heterocycles. The van der Waals surface area contributed by atoms with Gasteiger partial charge in [-0.1, -0.05) is 24.3 Å². The van der Waals surface area contributed by atoms with Crippen LogP contribution in [0.2, 0.25) is 0 Å². The first-order valence-corrected chi connectivity index (χ1v) is 8.37. The third-order valence-electron chi connectivity index (χ3n) is 3.90. The number of carbonyl (C=O) groups is 2. The smallest absolute Gasteiger partial charge is 0.227 e. The van der Waals surface area contributed by atoms with Crippen LogP contribution >= 0.6 is 11.3 Å². The molecule has 120 valence electrons. The van der Waals surface area contributed by atoms with E-state index in [2.05, 4.69) is 5.32 Å². The zero-order chi connectivity index (χ0) is 16.2. The molecule has 1 fully saturated rings. The summed E-state index contributed by atoms with van der Waals surface area (Å²) in [6.07, 6.45) is -0.503. The molecule has 3 rings (SSSR count). The fourth-order valence-corrected chi connectivity index (χ4v) is 3.38. The van der Waals surface area contributed by atoms with E-state index < -0.39 is 6.10 Å². The predicted octanol–water partition coefficient (Wildman–Crippen LogP) is 1.95. The first kappa shape index (κ1) is 15.7. The lowest BCUT2D eigenvalue weighted by Crippen LogP contribution is -2.35. The molecule has 0 aliphatic carbocycles. The average Bonchev–Trinajstić information content (AvgIpc) is 3.23. The molecule has 1 aliphatic heterocycles. The van der Waals surface area contributed by atoms with E-state index in [0.717, 1.165) is 10.6 Å². The normalized spacial score (nSPS) is 18.9. The van der Waals surface area contributed by atoms with Crippen LogP contribution in [0.3, 0.4) is 0 Å². The number of nitrogens with zero attached hydrogens (tertiary/aromatic N) is 1. The number of thiophene rings is 1. The molecule has 23 heavy (non-hydrogen) atoms. The second-order valence-corrected chi connectivity index (χ2v) is 6.50. The molecule has 0 radical (unpaired) electrons. The van der Waals surface area contributed by atoms with Gasteiger partial charge in [0, 0.05) is 30.1 Å². The van der Waals surface area contributed by atoms with Crippen molar-refractivity contribution in [1.82, 2.24) is 5.32 Å². The highest BCUT2D eigenvalue weighted by Gasteiger charge is 2.35. The maximum atomic E-state index is 12.2. The van der Waals surface area contributed by atoms with Crippen molar-refractivity contribution in [2.45, 2.75) is 12.5 Å². The van der Waals surface area contributed by atoms with E-state index in [-0.39, 0.29) is 30.7 Å². The van der Waals surface area contributed by atoms with E-state index >= 15 is 0 Å². The molecule has 2 amide bonds. The highest BCUT2D eigenvalue weighted by atomic mass is 32.1. The van der Waals surface area contributed by atoms with Crippen molar-refractivity contribution < 1.29 is 14.7 Å². The first-order chi connectivity index (χ1) is 11.1. The Morgan fingerprint density at radius 1 is 1.30 bits per heavy atom. The van der Waals surface area contributed by atoms with Gasteiger partial charge in [-0.3, -0.25) is 9.59 Å². The second-order valence-electron chi connectivity index (χ2n) is 5.52. The van der Waals surface area contributed by atoms with E-state index in [1.54, 1.807) is 4.90 Å². The molecule has 0 saturated carbocycles. The lowest BCUT2D eigenvalue weighted by atomic mass is 10.1. The molecule has 2 atom stereocenters. The zero-order valence-electron chi connectivity index (χ0n) is 12.5. The van der Waals surface area contributed by atoms with E-state index in [0.29, 0.717) is 6.54 Å². The SMILES string of the molecule is O=C(NCC(O)c1cccs1)C1CC(=O)N(c2ccccc2)C1. The van der Waals surface area contributed by atoms with Crippen LogP contribution in [0.5, 0.6) is 0 Å². The van der Waals surface area contributed by atoms with Gasteiger partial charge in [0.1, 0.15) is 6.10 Å². The fraction of sp³-hybridized carbons (Fsp3) is 0.294. The Morgan fingerprint density at radius 2 is 2.09 bits per heavy atom. The monoisotopic (exact) mass is 330 g/mol. The van der Waals surface area contributed by atoms with Crippen molar-refractivity contribution in [3.05, 3.63) is 52.7 Å². The topological polar surface area (TPSA) is 69.6 Å². The lowest BCUT2D eigenvalue weighted by molar-refractivity contribution is -0.126. The molecular formula is C17H18N2O3S. The van der Waals surface area contributed by atoms with Crippen molar-refractivity contribution in [3.8, 4) is 0 Å². The third kappa shape index (κ3) is 3.60. The number of aliphatic hydroxyl groups is 1. The number of aliphatic hydroxyl groups excluding tert-OH is 1. The number of nitrogens with one attached hydrogen (secondary N) is 1. The molecule has 2 aromatic rings. The number of anilines is 1. The van der Waals surface area contributed by atoms with Crippen molar-refractivity contribution in [3.63, 3.8) is 0 Å². The fourth-order valence-electron chi connectivity index (χ4n) is 2.66. The van der Waals surface area contributed by atoms with Crippen LogP contribution in [-0.2, 0) is 9.59 Å². The highest BCUT2D eigenvalue weighted by molar-refractivity contribution is 7.10. The van der Waals surface area contributed by atoms with Crippen LogP contribution in [0.1, 0.15) is 17.4 Å². The van der Waals surface area contributed by atoms with E-state index in [9.17, 15) is 14.7 Å². The van der Waals surface area contributed by atoms with Crippen LogP contribution in [0, 0.1) is 5.92 Å². The molecule has 1 aromatic carbocycles. The molecular weight excluding hydrogens is 312 g/mol. The van der Waals surface area contributed by atoms with Gasteiger partial charge in [0.05, 0.1) is 5.92 Å². The summed E-state index contributed by atoms with van der Waals surface area (Å²) in [6, 6.07) is 13.0. The predicted molar refractivity (Wildman–Crippen MR) is 89.2 cm³/mol. The summed E-state index contributed by atoms with van der Waals surface area (Å²) in [5.74, 6) is -0.610. The molecule has 1 aromatic heterocycles. The van der Waals surface area contributed by atoms with Crippen molar-refractivity contribution in [2.24, 2.45) is 5.92 Å². The Labute approximate surface area is 138 Å². The van der Waals surface area contributed by atoms with Crippen LogP contribution in [0.15, 0.2) is 47.8 Å². The van der Waals surface area contributed by atoms with Gasteiger partial charge in [-0.25, -0.2) is 0 Å². The van der Waals surface area contributed by atoms with E-state index in [1.165, 1.54) is 11.3 Å². The minimum absolute atomic E-state index is 0.0462. The summed E-state index contributed by atoms with van der Waals surface area (Å²) in [4.78, 5) is 26.8. The summed E-state index contributed by atoms with van der Waals surface area (Å²) in [6.45, 7) is 0.541. The molecule has 1 aliphatic rings. The third-order valence-corrected chi connectivity index (χ3v) is 4.88. The van der Waals surface area contributed by atoms with Crippen molar-refractivity contribution in [1.29, 1.82) is 0 Å². The van der Waals surface area contributed by atoms with Crippen LogP contribution in [-0.4, -0.2) is 30.0 Å². The van der Waals surface area contributed by atoms with Crippen molar-refractivity contribution in [2.75, 3.05) is 18.0 Å². The highest BCUT2D eigenvalue weighted by Crippen LogP contribution is 2.25. The molecule has 0 bridgehead atoms. The van der Waals surface area contributed by atoms with Gasteiger partial charge >= 0.3 is 0 Å². The zero-order valence-corrected chi connectivity index (χ0v) is 13.3. The molecule has 1 saturated heterocycles. The van der Waals surface area contributed by atoms with E-state index in [1.807, 2.05) is 47.8 Å². The Balaban J connectivity index is 1.56. The van der Waals surface area contributed by atoms with Gasteiger partial charge in [0.15, 0.2) is 0 Å². The molecule has 2 N–H and O–H groups in total. The number of para-hydroxylation sites is 1. The van der Waals surface area contributed by atoms with Gasteiger partial charge in [0.25, 0.3) is 0 Å². The summed E-state index contributed by atoms with van der Waals surface area (Å²) < 4.78 is 0. The maximum absolute atomic E-state index is 12.2. The van der Waals surface area contributed by atoms with Crippen LogP contribution < -0.4 is 10.2 Å². The summed E-state index contributed by atoms with van der Waals surface area (Å²) in [5.41, 5.74) is 0.812. The van der Waals surface area contributed by atoms with Gasteiger partial charge in [-0.15, -0.1) is 11.3 Å². The lowest BCUT2D eigenvalue weighted by Gasteiger charge is -2.17. The summed E-state index contributed by atoms with van der Waals surface area (Å²) in [7, 11) is 0. The van der Waals surface area contributed by atoms with Gasteiger partial charge < -0.3 is 15.3 Å².